The molecule has 13 heavy (non-hydrogen) atoms. The van der Waals surface area contributed by atoms with Crippen molar-refractivity contribution in [3.8, 4) is 0 Å². The standard InChI is InChI=1S/C11H10O2/c12-5-9-7-3-1-6-2-4-8(10(6)7)11(9)13/h1-8,10,12H/b9-5-/t6-,7-,8-,10-/m0/s1. The summed E-state index contributed by atoms with van der Waals surface area (Å²) in [5.74, 6) is 1.12. The molecule has 0 unspecified atom stereocenters. The lowest BCUT2D eigenvalue weighted by Crippen LogP contribution is -2.12. The largest absolute Gasteiger partial charge is 0.515 e. The molecule has 0 heterocycles. The maximum Gasteiger partial charge on any atom is 0.169 e. The van der Waals surface area contributed by atoms with Gasteiger partial charge in [-0.15, -0.1) is 0 Å². The molecule has 66 valence electrons. The van der Waals surface area contributed by atoms with Crippen molar-refractivity contribution in [2.24, 2.45) is 23.7 Å². The average Bonchev–Trinajstić information content (AvgIpc) is 2.71. The Hall–Kier alpha value is -1.31. The van der Waals surface area contributed by atoms with Gasteiger partial charge in [0.1, 0.15) is 0 Å². The zero-order valence-corrected chi connectivity index (χ0v) is 7.05. The number of aliphatic hydroxyl groups excluding tert-OH is 1. The number of carbonyl (C=O) groups excluding carboxylic acids is 1. The van der Waals surface area contributed by atoms with Crippen LogP contribution in [-0.2, 0) is 4.79 Å². The Morgan fingerprint density at radius 1 is 1.15 bits per heavy atom. The molecule has 0 radical (unpaired) electrons. The van der Waals surface area contributed by atoms with E-state index < -0.39 is 0 Å². The molecule has 3 aliphatic carbocycles. The van der Waals surface area contributed by atoms with Gasteiger partial charge >= 0.3 is 0 Å². The number of hydrogen-bond donors (Lipinski definition) is 1. The van der Waals surface area contributed by atoms with Gasteiger partial charge in [0.15, 0.2) is 5.78 Å². The second-order valence-electron chi connectivity index (χ2n) is 3.92. The molecule has 0 aromatic rings. The number of ketones is 1. The maximum atomic E-state index is 11.7. The second kappa shape index (κ2) is 2.13. The minimum Gasteiger partial charge on any atom is -0.515 e. The van der Waals surface area contributed by atoms with E-state index in [9.17, 15) is 4.79 Å². The van der Waals surface area contributed by atoms with E-state index >= 15 is 0 Å². The van der Waals surface area contributed by atoms with Gasteiger partial charge in [-0.1, -0.05) is 24.3 Å². The molecule has 0 saturated heterocycles. The number of allylic oxidation sites excluding steroid dienone is 5. The fraction of sp³-hybridized carbons (Fsp3) is 0.364. The molecule has 0 aliphatic heterocycles. The van der Waals surface area contributed by atoms with Crippen molar-refractivity contribution in [1.82, 2.24) is 0 Å². The van der Waals surface area contributed by atoms with Gasteiger partial charge in [0.25, 0.3) is 0 Å². The molecule has 0 amide bonds. The van der Waals surface area contributed by atoms with Crippen LogP contribution in [0.15, 0.2) is 36.1 Å². The van der Waals surface area contributed by atoms with Crippen LogP contribution in [0.5, 0.6) is 0 Å². The third kappa shape index (κ3) is 0.671. The van der Waals surface area contributed by atoms with Gasteiger partial charge in [-0.3, -0.25) is 4.79 Å². The summed E-state index contributed by atoms with van der Waals surface area (Å²) in [6.07, 6.45) is 9.29. The first-order chi connectivity index (χ1) is 6.33. The first kappa shape index (κ1) is 7.13. The number of carbonyl (C=O) groups is 1. The van der Waals surface area contributed by atoms with E-state index in [1.165, 1.54) is 0 Å². The molecular weight excluding hydrogens is 164 g/mol. The van der Waals surface area contributed by atoms with Crippen LogP contribution in [0.25, 0.3) is 0 Å². The summed E-state index contributed by atoms with van der Waals surface area (Å²) in [7, 11) is 0. The topological polar surface area (TPSA) is 37.3 Å². The van der Waals surface area contributed by atoms with Crippen LogP contribution in [0.3, 0.4) is 0 Å². The first-order valence-corrected chi connectivity index (χ1v) is 4.58. The summed E-state index contributed by atoms with van der Waals surface area (Å²) >= 11 is 0. The van der Waals surface area contributed by atoms with E-state index in [1.54, 1.807) is 0 Å². The minimum atomic E-state index is 0.0309. The van der Waals surface area contributed by atoms with Crippen molar-refractivity contribution in [3.63, 3.8) is 0 Å². The summed E-state index contributed by atoms with van der Waals surface area (Å²) in [5, 5.41) is 8.97. The van der Waals surface area contributed by atoms with E-state index in [4.69, 9.17) is 5.11 Å². The van der Waals surface area contributed by atoms with Gasteiger partial charge in [0, 0.05) is 17.4 Å². The van der Waals surface area contributed by atoms with Gasteiger partial charge in [-0.25, -0.2) is 0 Å². The van der Waals surface area contributed by atoms with Gasteiger partial charge in [0.05, 0.1) is 6.26 Å². The molecule has 3 aliphatic rings. The van der Waals surface area contributed by atoms with Crippen molar-refractivity contribution in [2.45, 2.75) is 0 Å². The van der Waals surface area contributed by atoms with Crippen molar-refractivity contribution >= 4 is 5.78 Å². The Morgan fingerprint density at radius 2 is 1.85 bits per heavy atom. The lowest BCUT2D eigenvalue weighted by atomic mass is 9.89. The third-order valence-corrected chi connectivity index (χ3v) is 3.44. The SMILES string of the molecule is O=C1/C(=C\O)[C@@H]2C=C[C@H]3C=C[C@H]1[C@@H]32. The van der Waals surface area contributed by atoms with Crippen LogP contribution in [0.2, 0.25) is 0 Å². The van der Waals surface area contributed by atoms with E-state index in [-0.39, 0.29) is 17.6 Å². The summed E-state index contributed by atoms with van der Waals surface area (Å²) < 4.78 is 0. The van der Waals surface area contributed by atoms with Gasteiger partial charge in [0.2, 0.25) is 0 Å². The van der Waals surface area contributed by atoms with Gasteiger partial charge in [-0.2, -0.15) is 0 Å². The summed E-state index contributed by atoms with van der Waals surface area (Å²) in [5.41, 5.74) is 0.595. The Kier molecular flexibility index (Phi) is 1.17. The number of rotatable bonds is 0. The Balaban J connectivity index is 2.14. The van der Waals surface area contributed by atoms with Crippen molar-refractivity contribution in [1.29, 1.82) is 0 Å². The molecule has 1 fully saturated rings. The smallest absolute Gasteiger partial charge is 0.169 e. The predicted molar refractivity (Wildman–Crippen MR) is 48.0 cm³/mol. The highest BCUT2D eigenvalue weighted by Crippen LogP contribution is 2.52. The lowest BCUT2D eigenvalue weighted by Gasteiger charge is -2.12. The molecule has 1 saturated carbocycles. The minimum absolute atomic E-state index is 0.0309. The number of Topliss-reactive ketones (excluding diaryl/α,β-unsaturated/α-hetero) is 1. The predicted octanol–water partition coefficient (Wildman–Crippen LogP) is 1.62. The van der Waals surface area contributed by atoms with E-state index in [0.717, 1.165) is 6.26 Å². The normalized spacial score (nSPS) is 48.0. The molecule has 0 bridgehead atoms. The highest BCUT2D eigenvalue weighted by Gasteiger charge is 2.51. The summed E-state index contributed by atoms with van der Waals surface area (Å²) in [6, 6.07) is 0. The van der Waals surface area contributed by atoms with E-state index in [2.05, 4.69) is 18.2 Å². The fourth-order valence-electron chi connectivity index (χ4n) is 2.86. The van der Waals surface area contributed by atoms with Crippen LogP contribution in [0.1, 0.15) is 0 Å². The fourth-order valence-corrected chi connectivity index (χ4v) is 2.86. The monoisotopic (exact) mass is 174 g/mol. The number of hydrogen-bond acceptors (Lipinski definition) is 2. The highest BCUT2D eigenvalue weighted by atomic mass is 16.2. The summed E-state index contributed by atoms with van der Waals surface area (Å²) in [6.45, 7) is 0. The molecule has 1 N–H and O–H groups in total. The summed E-state index contributed by atoms with van der Waals surface area (Å²) in [4.78, 5) is 11.7. The van der Waals surface area contributed by atoms with Crippen LogP contribution in [-0.4, -0.2) is 10.9 Å². The zero-order valence-electron chi connectivity index (χ0n) is 7.05. The lowest BCUT2D eigenvalue weighted by molar-refractivity contribution is -0.117. The Labute approximate surface area is 76.3 Å². The van der Waals surface area contributed by atoms with Gasteiger partial charge in [-0.05, 0) is 11.8 Å². The molecule has 0 aromatic carbocycles. The van der Waals surface area contributed by atoms with Gasteiger partial charge < -0.3 is 5.11 Å². The quantitative estimate of drug-likeness (QED) is 0.344. The molecule has 2 nitrogen and oxygen atoms in total. The average molecular weight is 174 g/mol. The van der Waals surface area contributed by atoms with Crippen LogP contribution < -0.4 is 0 Å². The van der Waals surface area contributed by atoms with E-state index in [1.807, 2.05) is 6.08 Å². The highest BCUT2D eigenvalue weighted by molar-refractivity contribution is 6.02. The second-order valence-corrected chi connectivity index (χ2v) is 3.92. The molecular formula is C11H10O2. The van der Waals surface area contributed by atoms with Crippen molar-refractivity contribution in [2.75, 3.05) is 0 Å². The molecule has 3 rings (SSSR count). The Morgan fingerprint density at radius 3 is 2.54 bits per heavy atom. The number of aliphatic hydroxyl groups is 1. The maximum absolute atomic E-state index is 11.7. The first-order valence-electron chi connectivity index (χ1n) is 4.58. The molecule has 4 atom stereocenters. The van der Waals surface area contributed by atoms with Crippen molar-refractivity contribution in [3.05, 3.63) is 36.1 Å². The molecule has 2 heteroatoms. The third-order valence-electron chi connectivity index (χ3n) is 3.44. The van der Waals surface area contributed by atoms with Crippen LogP contribution in [0, 0.1) is 23.7 Å². The molecule has 0 spiro atoms. The van der Waals surface area contributed by atoms with E-state index in [0.29, 0.717) is 17.4 Å². The van der Waals surface area contributed by atoms with Crippen molar-refractivity contribution < 1.29 is 9.90 Å². The van der Waals surface area contributed by atoms with Crippen LogP contribution >= 0.6 is 0 Å². The molecule has 0 aromatic heterocycles. The van der Waals surface area contributed by atoms with Crippen LogP contribution in [0.4, 0.5) is 0 Å². The zero-order chi connectivity index (χ0) is 9.00. The Bertz CT molecular complexity index is 362.